The summed E-state index contributed by atoms with van der Waals surface area (Å²) in [6.07, 6.45) is 0. The standard InChI is InChI=1S/C12H12N2O2S/c13-5-8-17-9-12(15)14-6-7-16-11-4-2-1-3-10(11)14/h1-4H,6-9H2. The van der Waals surface area contributed by atoms with E-state index in [-0.39, 0.29) is 5.91 Å². The van der Waals surface area contributed by atoms with Gasteiger partial charge < -0.3 is 9.64 Å². The molecule has 0 bridgehead atoms. The maximum absolute atomic E-state index is 12.0. The molecular weight excluding hydrogens is 236 g/mol. The van der Waals surface area contributed by atoms with E-state index in [0.717, 1.165) is 11.4 Å². The highest BCUT2D eigenvalue weighted by atomic mass is 32.2. The van der Waals surface area contributed by atoms with Gasteiger partial charge in [-0.1, -0.05) is 12.1 Å². The van der Waals surface area contributed by atoms with Crippen molar-refractivity contribution < 1.29 is 9.53 Å². The van der Waals surface area contributed by atoms with Crippen molar-refractivity contribution in [2.24, 2.45) is 0 Å². The third kappa shape index (κ3) is 2.71. The van der Waals surface area contributed by atoms with Crippen LogP contribution in [0.5, 0.6) is 5.75 Å². The van der Waals surface area contributed by atoms with E-state index >= 15 is 0 Å². The van der Waals surface area contributed by atoms with Gasteiger partial charge in [0.2, 0.25) is 5.91 Å². The Morgan fingerprint density at radius 3 is 3.18 bits per heavy atom. The number of carbonyl (C=O) groups is 1. The zero-order valence-electron chi connectivity index (χ0n) is 9.26. The van der Waals surface area contributed by atoms with Crippen molar-refractivity contribution in [1.29, 1.82) is 5.26 Å². The zero-order chi connectivity index (χ0) is 12.1. The smallest absolute Gasteiger partial charge is 0.237 e. The molecule has 17 heavy (non-hydrogen) atoms. The summed E-state index contributed by atoms with van der Waals surface area (Å²) < 4.78 is 5.48. The van der Waals surface area contributed by atoms with Gasteiger partial charge in [0.05, 0.1) is 29.8 Å². The number of rotatable bonds is 3. The minimum absolute atomic E-state index is 0.0287. The van der Waals surface area contributed by atoms with E-state index in [9.17, 15) is 4.79 Å². The molecule has 0 saturated heterocycles. The summed E-state index contributed by atoms with van der Waals surface area (Å²) in [6, 6.07) is 9.52. The lowest BCUT2D eigenvalue weighted by Gasteiger charge is -2.29. The molecule has 5 heteroatoms. The predicted octanol–water partition coefficient (Wildman–Crippen LogP) is 1.67. The molecule has 1 aromatic carbocycles. The van der Waals surface area contributed by atoms with Crippen LogP contribution >= 0.6 is 11.8 Å². The number of nitrogens with zero attached hydrogens (tertiary/aromatic N) is 2. The highest BCUT2D eigenvalue weighted by Gasteiger charge is 2.22. The van der Waals surface area contributed by atoms with E-state index in [1.54, 1.807) is 4.90 Å². The molecule has 0 unspecified atom stereocenters. The van der Waals surface area contributed by atoms with Crippen LogP contribution in [0.25, 0.3) is 0 Å². The molecule has 1 aliphatic heterocycles. The first-order chi connectivity index (χ1) is 8.33. The molecule has 4 nitrogen and oxygen atoms in total. The SMILES string of the molecule is N#CCSCC(=O)N1CCOc2ccccc21. The molecule has 0 radical (unpaired) electrons. The Hall–Kier alpha value is -1.67. The third-order valence-electron chi connectivity index (χ3n) is 2.42. The number of ether oxygens (including phenoxy) is 1. The van der Waals surface area contributed by atoms with Gasteiger partial charge in [-0.05, 0) is 12.1 Å². The first kappa shape index (κ1) is 11.8. The lowest BCUT2D eigenvalue weighted by molar-refractivity contribution is -0.116. The second kappa shape index (κ2) is 5.60. The van der Waals surface area contributed by atoms with Crippen LogP contribution in [0.3, 0.4) is 0 Å². The van der Waals surface area contributed by atoms with E-state index in [1.807, 2.05) is 30.3 Å². The number of nitriles is 1. The topological polar surface area (TPSA) is 53.3 Å². The number of fused-ring (bicyclic) bond motifs is 1. The van der Waals surface area contributed by atoms with Crippen molar-refractivity contribution in [2.45, 2.75) is 0 Å². The number of anilines is 1. The molecule has 0 saturated carbocycles. The minimum Gasteiger partial charge on any atom is -0.490 e. The van der Waals surface area contributed by atoms with Crippen LogP contribution < -0.4 is 9.64 Å². The molecule has 88 valence electrons. The molecular formula is C12H12N2O2S. The van der Waals surface area contributed by atoms with E-state index in [4.69, 9.17) is 10.00 Å². The molecule has 0 spiro atoms. The van der Waals surface area contributed by atoms with Crippen LogP contribution in [0.15, 0.2) is 24.3 Å². The monoisotopic (exact) mass is 248 g/mol. The first-order valence-corrected chi connectivity index (χ1v) is 6.45. The molecule has 0 aliphatic carbocycles. The Morgan fingerprint density at radius 2 is 2.35 bits per heavy atom. The molecule has 1 amide bonds. The van der Waals surface area contributed by atoms with Crippen molar-refractivity contribution in [3.8, 4) is 11.8 Å². The predicted molar refractivity (Wildman–Crippen MR) is 67.2 cm³/mol. The van der Waals surface area contributed by atoms with Crippen LogP contribution in [0, 0.1) is 11.3 Å². The summed E-state index contributed by atoms with van der Waals surface area (Å²) in [4.78, 5) is 13.7. The fourth-order valence-corrected chi connectivity index (χ4v) is 2.21. The van der Waals surface area contributed by atoms with Crippen LogP contribution in [-0.4, -0.2) is 30.6 Å². The maximum Gasteiger partial charge on any atom is 0.237 e. The lowest BCUT2D eigenvalue weighted by atomic mass is 10.2. The van der Waals surface area contributed by atoms with Crippen molar-refractivity contribution in [3.05, 3.63) is 24.3 Å². The van der Waals surface area contributed by atoms with Gasteiger partial charge in [0.1, 0.15) is 12.4 Å². The van der Waals surface area contributed by atoms with E-state index < -0.39 is 0 Å². The summed E-state index contributed by atoms with van der Waals surface area (Å²) in [5, 5.41) is 8.43. The maximum atomic E-state index is 12.0. The van der Waals surface area contributed by atoms with Crippen molar-refractivity contribution in [2.75, 3.05) is 29.6 Å². The minimum atomic E-state index is 0.0287. The third-order valence-corrected chi connectivity index (χ3v) is 3.21. The summed E-state index contributed by atoms with van der Waals surface area (Å²) in [6.45, 7) is 1.09. The van der Waals surface area contributed by atoms with Crippen LogP contribution in [0.1, 0.15) is 0 Å². The van der Waals surface area contributed by atoms with Gasteiger partial charge in [-0.25, -0.2) is 0 Å². The fourth-order valence-electron chi connectivity index (χ4n) is 1.69. The fraction of sp³-hybridized carbons (Fsp3) is 0.333. The summed E-state index contributed by atoms with van der Waals surface area (Å²) >= 11 is 1.34. The van der Waals surface area contributed by atoms with E-state index in [0.29, 0.717) is 24.7 Å². The molecule has 0 N–H and O–H groups in total. The number of hydrogen-bond acceptors (Lipinski definition) is 4. The molecule has 1 aliphatic rings. The average molecular weight is 248 g/mol. The van der Waals surface area contributed by atoms with Gasteiger partial charge >= 0.3 is 0 Å². The van der Waals surface area contributed by atoms with Crippen molar-refractivity contribution in [1.82, 2.24) is 0 Å². The molecule has 2 rings (SSSR count). The highest BCUT2D eigenvalue weighted by molar-refractivity contribution is 8.00. The van der Waals surface area contributed by atoms with Crippen LogP contribution in [0.4, 0.5) is 5.69 Å². The number of hydrogen-bond donors (Lipinski definition) is 0. The largest absolute Gasteiger partial charge is 0.490 e. The molecule has 0 aromatic heterocycles. The second-order valence-electron chi connectivity index (χ2n) is 3.51. The molecule has 1 heterocycles. The van der Waals surface area contributed by atoms with Gasteiger partial charge in [0, 0.05) is 0 Å². The van der Waals surface area contributed by atoms with Crippen LogP contribution in [-0.2, 0) is 4.79 Å². The van der Waals surface area contributed by atoms with Gasteiger partial charge in [-0.2, -0.15) is 5.26 Å². The Balaban J connectivity index is 2.08. The molecule has 1 aromatic rings. The van der Waals surface area contributed by atoms with Crippen molar-refractivity contribution in [3.63, 3.8) is 0 Å². The van der Waals surface area contributed by atoms with Gasteiger partial charge in [-0.3, -0.25) is 4.79 Å². The summed E-state index contributed by atoms with van der Waals surface area (Å²) in [7, 11) is 0. The lowest BCUT2D eigenvalue weighted by Crippen LogP contribution is -2.39. The van der Waals surface area contributed by atoms with Gasteiger partial charge in [0.25, 0.3) is 0 Å². The number of benzene rings is 1. The first-order valence-electron chi connectivity index (χ1n) is 5.30. The number of para-hydroxylation sites is 2. The quantitative estimate of drug-likeness (QED) is 0.763. The average Bonchev–Trinajstić information content (AvgIpc) is 2.38. The van der Waals surface area contributed by atoms with Gasteiger partial charge in [0.15, 0.2) is 0 Å². The zero-order valence-corrected chi connectivity index (χ0v) is 10.1. The Bertz CT molecular complexity index is 456. The summed E-state index contributed by atoms with van der Waals surface area (Å²) in [5.41, 5.74) is 0.821. The Kier molecular flexibility index (Phi) is 3.89. The highest BCUT2D eigenvalue weighted by Crippen LogP contribution is 2.31. The number of thioether (sulfide) groups is 1. The number of amides is 1. The number of carbonyl (C=O) groups excluding carboxylic acids is 1. The summed E-state index contributed by atoms with van der Waals surface area (Å²) in [5.74, 6) is 1.46. The molecule has 0 fully saturated rings. The van der Waals surface area contributed by atoms with Gasteiger partial charge in [-0.15, -0.1) is 11.8 Å². The van der Waals surface area contributed by atoms with E-state index in [2.05, 4.69) is 0 Å². The van der Waals surface area contributed by atoms with E-state index in [1.165, 1.54) is 11.8 Å². The Morgan fingerprint density at radius 1 is 1.53 bits per heavy atom. The second-order valence-corrected chi connectivity index (χ2v) is 4.50. The molecule has 0 atom stereocenters. The normalized spacial score (nSPS) is 13.5. The Labute approximate surface area is 104 Å². The van der Waals surface area contributed by atoms with Crippen LogP contribution in [0.2, 0.25) is 0 Å². The van der Waals surface area contributed by atoms with Crippen molar-refractivity contribution >= 4 is 23.4 Å².